The first-order valence-electron chi connectivity index (χ1n) is 15.4. The molecule has 2 aromatic rings. The fourth-order valence-electron chi connectivity index (χ4n) is 6.76. The second-order valence-corrected chi connectivity index (χ2v) is 12.0. The van der Waals surface area contributed by atoms with Gasteiger partial charge in [-0.1, -0.05) is 56.9 Å². The molecule has 1 aliphatic carbocycles. The Bertz CT molecular complexity index is 1150. The van der Waals surface area contributed by atoms with Crippen LogP contribution in [0.3, 0.4) is 0 Å². The number of carbonyl (C=O) groups is 2. The Balaban J connectivity index is 1.20. The molecule has 0 radical (unpaired) electrons. The predicted octanol–water partition coefficient (Wildman–Crippen LogP) is 4.37. The molecule has 2 unspecified atom stereocenters. The predicted molar refractivity (Wildman–Crippen MR) is 157 cm³/mol. The number of unbranched alkanes of at least 4 members (excludes halogenated alkanes) is 1. The van der Waals surface area contributed by atoms with Crippen LogP contribution < -0.4 is 10.1 Å². The summed E-state index contributed by atoms with van der Waals surface area (Å²) >= 11 is 0. The number of likely N-dealkylation sites (tertiary alicyclic amines) is 1. The summed E-state index contributed by atoms with van der Waals surface area (Å²) in [5.74, 6) is 1.34. The number of nitrogens with zero attached hydrogens (tertiary/aromatic N) is 2. The van der Waals surface area contributed by atoms with E-state index in [0.29, 0.717) is 32.5 Å². The number of amides is 2. The Morgan fingerprint density at radius 1 is 0.951 bits per heavy atom. The fourth-order valence-corrected chi connectivity index (χ4v) is 6.76. The minimum atomic E-state index is -0.838. The number of carbonyl (C=O) groups excluding carboxylic acids is 2. The molecule has 2 heterocycles. The Hall–Kier alpha value is -2.94. The lowest BCUT2D eigenvalue weighted by Gasteiger charge is -2.52. The minimum absolute atomic E-state index is 0.00835. The standard InChI is InChI=1S/C33H45N3O5/c1-2-3-19-36-31(39)29(30(38)26-7-5-4-6-8-26)34-32(40)33(36)17-20-35(21-18-33)22-24-9-13-27(14-10-24)41-28-15-11-25(23-37)12-16-28/h9-16,26,29-30,37-38H,2-8,17-23H2,1H3,(H,34,40). The Kier molecular flexibility index (Phi) is 9.63. The molecule has 0 bridgehead atoms. The van der Waals surface area contributed by atoms with Crippen LogP contribution in [0.25, 0.3) is 0 Å². The number of piperidine rings is 1. The summed E-state index contributed by atoms with van der Waals surface area (Å²) < 4.78 is 5.93. The van der Waals surface area contributed by atoms with Crippen LogP contribution in [0.4, 0.5) is 0 Å². The number of aliphatic hydroxyl groups excluding tert-OH is 2. The van der Waals surface area contributed by atoms with Crippen LogP contribution in [0.15, 0.2) is 48.5 Å². The third-order valence-electron chi connectivity index (χ3n) is 9.32. The first kappa shape index (κ1) is 29.5. The van der Waals surface area contributed by atoms with Crippen LogP contribution >= 0.6 is 0 Å². The van der Waals surface area contributed by atoms with E-state index < -0.39 is 17.7 Å². The highest BCUT2D eigenvalue weighted by Crippen LogP contribution is 2.36. The van der Waals surface area contributed by atoms with E-state index in [-0.39, 0.29) is 24.3 Å². The van der Waals surface area contributed by atoms with Crippen molar-refractivity contribution in [2.75, 3.05) is 19.6 Å². The highest BCUT2D eigenvalue weighted by atomic mass is 16.5. The minimum Gasteiger partial charge on any atom is -0.457 e. The zero-order valence-corrected chi connectivity index (χ0v) is 24.3. The van der Waals surface area contributed by atoms with Crippen molar-refractivity contribution in [3.05, 3.63) is 59.7 Å². The molecule has 2 aromatic carbocycles. The molecule has 3 N–H and O–H groups in total. The molecule has 5 rings (SSSR count). The van der Waals surface area contributed by atoms with Crippen molar-refractivity contribution in [1.82, 2.24) is 15.1 Å². The first-order chi connectivity index (χ1) is 19.9. The van der Waals surface area contributed by atoms with Gasteiger partial charge in [-0.2, -0.15) is 0 Å². The summed E-state index contributed by atoms with van der Waals surface area (Å²) in [4.78, 5) is 31.7. The number of piperazine rings is 1. The van der Waals surface area contributed by atoms with Crippen LogP contribution in [0.2, 0.25) is 0 Å². The van der Waals surface area contributed by atoms with Gasteiger partial charge in [0.1, 0.15) is 23.1 Å². The van der Waals surface area contributed by atoms with E-state index in [9.17, 15) is 19.8 Å². The van der Waals surface area contributed by atoms with Crippen molar-refractivity contribution < 1.29 is 24.5 Å². The third-order valence-corrected chi connectivity index (χ3v) is 9.32. The van der Waals surface area contributed by atoms with E-state index in [1.54, 1.807) is 0 Å². The van der Waals surface area contributed by atoms with E-state index in [2.05, 4.69) is 29.3 Å². The number of aliphatic hydroxyl groups is 2. The van der Waals surface area contributed by atoms with Gasteiger partial charge in [-0.05, 0) is 73.4 Å². The van der Waals surface area contributed by atoms with Gasteiger partial charge in [0, 0.05) is 26.2 Å². The number of rotatable bonds is 10. The summed E-state index contributed by atoms with van der Waals surface area (Å²) in [6.07, 6.45) is 7.30. The molecule has 2 saturated heterocycles. The second kappa shape index (κ2) is 13.4. The maximum absolute atomic E-state index is 13.8. The lowest BCUT2D eigenvalue weighted by Crippen LogP contribution is -2.75. The molecule has 0 aromatic heterocycles. The van der Waals surface area contributed by atoms with Crippen LogP contribution in [-0.2, 0) is 22.7 Å². The van der Waals surface area contributed by atoms with E-state index in [1.807, 2.05) is 41.3 Å². The summed E-state index contributed by atoms with van der Waals surface area (Å²) in [5, 5.41) is 23.4. The number of benzene rings is 2. The Morgan fingerprint density at radius 3 is 2.15 bits per heavy atom. The molecule has 1 spiro atoms. The van der Waals surface area contributed by atoms with Crippen LogP contribution in [-0.4, -0.2) is 69.1 Å². The molecule has 2 aliphatic heterocycles. The average molecular weight is 564 g/mol. The molecule has 2 atom stereocenters. The molecule has 3 fully saturated rings. The maximum Gasteiger partial charge on any atom is 0.248 e. The number of ether oxygens (including phenoxy) is 1. The molecule has 8 heteroatoms. The zero-order valence-electron chi connectivity index (χ0n) is 24.3. The van der Waals surface area contributed by atoms with Gasteiger partial charge in [0.25, 0.3) is 0 Å². The van der Waals surface area contributed by atoms with Crippen molar-refractivity contribution in [2.24, 2.45) is 5.92 Å². The van der Waals surface area contributed by atoms with Gasteiger partial charge in [-0.15, -0.1) is 0 Å². The molecular weight excluding hydrogens is 518 g/mol. The molecule has 2 amide bonds. The number of nitrogens with one attached hydrogen (secondary N) is 1. The molecule has 41 heavy (non-hydrogen) atoms. The Labute approximate surface area is 243 Å². The largest absolute Gasteiger partial charge is 0.457 e. The summed E-state index contributed by atoms with van der Waals surface area (Å²) in [6.45, 7) is 4.86. The van der Waals surface area contributed by atoms with Gasteiger partial charge in [-0.3, -0.25) is 14.5 Å². The lowest BCUT2D eigenvalue weighted by atomic mass is 9.78. The van der Waals surface area contributed by atoms with Crippen molar-refractivity contribution in [2.45, 2.75) is 95.5 Å². The lowest BCUT2D eigenvalue weighted by molar-refractivity contribution is -0.166. The molecule has 8 nitrogen and oxygen atoms in total. The maximum atomic E-state index is 13.8. The average Bonchev–Trinajstić information content (AvgIpc) is 3.01. The third kappa shape index (κ3) is 6.60. The summed E-state index contributed by atoms with van der Waals surface area (Å²) in [6, 6.07) is 14.6. The highest BCUT2D eigenvalue weighted by molar-refractivity contribution is 6.00. The SMILES string of the molecule is CCCCN1C(=O)C(C(O)C2CCCCC2)NC(=O)C12CCN(Cc1ccc(Oc3ccc(CO)cc3)cc1)CC2. The van der Waals surface area contributed by atoms with Crippen molar-refractivity contribution >= 4 is 11.8 Å². The molecular formula is C33H45N3O5. The summed E-state index contributed by atoms with van der Waals surface area (Å²) in [5.41, 5.74) is 1.16. The van der Waals surface area contributed by atoms with Crippen LogP contribution in [0.1, 0.15) is 75.8 Å². The van der Waals surface area contributed by atoms with E-state index in [4.69, 9.17) is 4.74 Å². The van der Waals surface area contributed by atoms with Gasteiger partial charge < -0.3 is 25.2 Å². The van der Waals surface area contributed by atoms with Gasteiger partial charge in [0.05, 0.1) is 12.7 Å². The number of hydrogen-bond acceptors (Lipinski definition) is 6. The van der Waals surface area contributed by atoms with E-state index in [0.717, 1.165) is 67.7 Å². The molecule has 222 valence electrons. The van der Waals surface area contributed by atoms with Crippen LogP contribution in [0, 0.1) is 5.92 Å². The number of hydrogen-bond donors (Lipinski definition) is 3. The molecule has 1 saturated carbocycles. The fraction of sp³-hybridized carbons (Fsp3) is 0.576. The smallest absolute Gasteiger partial charge is 0.248 e. The van der Waals surface area contributed by atoms with Crippen molar-refractivity contribution in [3.63, 3.8) is 0 Å². The van der Waals surface area contributed by atoms with Gasteiger partial charge in [0.15, 0.2) is 0 Å². The normalized spacial score (nSPS) is 22.5. The highest BCUT2D eigenvalue weighted by Gasteiger charge is 2.55. The topological polar surface area (TPSA) is 102 Å². The van der Waals surface area contributed by atoms with Gasteiger partial charge in [-0.25, -0.2) is 0 Å². The van der Waals surface area contributed by atoms with E-state index in [1.165, 1.54) is 6.42 Å². The van der Waals surface area contributed by atoms with Crippen molar-refractivity contribution in [1.29, 1.82) is 0 Å². The Morgan fingerprint density at radius 2 is 1.56 bits per heavy atom. The van der Waals surface area contributed by atoms with Crippen LogP contribution in [0.5, 0.6) is 11.5 Å². The second-order valence-electron chi connectivity index (χ2n) is 12.0. The quantitative estimate of drug-likeness (QED) is 0.397. The van der Waals surface area contributed by atoms with Crippen molar-refractivity contribution in [3.8, 4) is 11.5 Å². The van der Waals surface area contributed by atoms with Gasteiger partial charge in [0.2, 0.25) is 11.8 Å². The monoisotopic (exact) mass is 563 g/mol. The van der Waals surface area contributed by atoms with Gasteiger partial charge >= 0.3 is 0 Å². The molecule has 3 aliphatic rings. The zero-order chi connectivity index (χ0) is 28.8. The van der Waals surface area contributed by atoms with E-state index >= 15 is 0 Å². The first-order valence-corrected chi connectivity index (χ1v) is 15.4. The summed E-state index contributed by atoms with van der Waals surface area (Å²) in [7, 11) is 0.